The van der Waals surface area contributed by atoms with Crippen molar-refractivity contribution in [3.05, 3.63) is 18.2 Å². The average molecular weight is 275 g/mol. The lowest BCUT2D eigenvalue weighted by Crippen LogP contribution is -2.19. The van der Waals surface area contributed by atoms with Gasteiger partial charge in [0.25, 0.3) is 0 Å². The van der Waals surface area contributed by atoms with Crippen molar-refractivity contribution < 1.29 is 9.47 Å². The van der Waals surface area contributed by atoms with E-state index in [2.05, 4.69) is 12.2 Å². The molecule has 3 heteroatoms. The first kappa shape index (κ1) is 13.7. The molecule has 20 heavy (non-hydrogen) atoms. The van der Waals surface area contributed by atoms with Crippen LogP contribution in [0.5, 0.6) is 17.2 Å². The zero-order chi connectivity index (χ0) is 13.8. The zero-order valence-electron chi connectivity index (χ0n) is 12.4. The molecular formula is C17H25NO2. The zero-order valence-corrected chi connectivity index (χ0v) is 12.4. The molecule has 1 saturated heterocycles. The van der Waals surface area contributed by atoms with Crippen molar-refractivity contribution in [1.29, 1.82) is 0 Å². The van der Waals surface area contributed by atoms with E-state index in [4.69, 9.17) is 9.47 Å². The van der Waals surface area contributed by atoms with Crippen molar-refractivity contribution in [3.63, 3.8) is 0 Å². The summed E-state index contributed by atoms with van der Waals surface area (Å²) in [6, 6.07) is 6.75. The molecule has 1 N–H and O–H groups in total. The van der Waals surface area contributed by atoms with Crippen LogP contribution in [-0.4, -0.2) is 18.7 Å². The first-order chi connectivity index (χ1) is 9.86. The minimum atomic E-state index is 0.434. The first-order valence-corrected chi connectivity index (χ1v) is 8.07. The van der Waals surface area contributed by atoms with E-state index in [0.29, 0.717) is 6.10 Å². The smallest absolute Gasteiger partial charge is 0.205 e. The van der Waals surface area contributed by atoms with Crippen molar-refractivity contribution in [1.82, 2.24) is 5.32 Å². The summed E-state index contributed by atoms with van der Waals surface area (Å²) in [6.07, 6.45) is 9.55. The van der Waals surface area contributed by atoms with Gasteiger partial charge in [0, 0.05) is 6.04 Å². The Morgan fingerprint density at radius 1 is 1.15 bits per heavy atom. The lowest BCUT2D eigenvalue weighted by atomic mass is 10.2. The highest BCUT2D eigenvalue weighted by atomic mass is 16.6. The Morgan fingerprint density at radius 2 is 1.90 bits per heavy atom. The van der Waals surface area contributed by atoms with Crippen molar-refractivity contribution in [3.8, 4) is 17.2 Å². The second kappa shape index (κ2) is 6.49. The summed E-state index contributed by atoms with van der Waals surface area (Å²) in [6.45, 7) is 3.49. The summed E-state index contributed by atoms with van der Waals surface area (Å²) in [5.74, 6) is 2.79. The Balaban J connectivity index is 0.000000147. The molecule has 2 bridgehead atoms. The molecular weight excluding hydrogens is 250 g/mol. The van der Waals surface area contributed by atoms with Gasteiger partial charge in [0.15, 0.2) is 11.5 Å². The molecule has 110 valence electrons. The van der Waals surface area contributed by atoms with Gasteiger partial charge in [-0.25, -0.2) is 0 Å². The van der Waals surface area contributed by atoms with Crippen molar-refractivity contribution >= 4 is 0 Å². The molecule has 1 atom stereocenters. The van der Waals surface area contributed by atoms with Gasteiger partial charge in [-0.05, 0) is 63.6 Å². The predicted molar refractivity (Wildman–Crippen MR) is 80.7 cm³/mol. The summed E-state index contributed by atoms with van der Waals surface area (Å²) < 4.78 is 11.2. The van der Waals surface area contributed by atoms with Crippen LogP contribution in [0.2, 0.25) is 0 Å². The fourth-order valence-electron chi connectivity index (χ4n) is 3.12. The van der Waals surface area contributed by atoms with Gasteiger partial charge in [0.05, 0.1) is 6.10 Å². The summed E-state index contributed by atoms with van der Waals surface area (Å²) in [7, 11) is 0. The van der Waals surface area contributed by atoms with E-state index < -0.39 is 0 Å². The van der Waals surface area contributed by atoms with Crippen LogP contribution in [0.1, 0.15) is 51.9 Å². The number of fused-ring (bicyclic) bond motifs is 2. The largest absolute Gasteiger partial charge is 0.483 e. The van der Waals surface area contributed by atoms with E-state index in [9.17, 15) is 0 Å². The molecule has 3 heterocycles. The highest BCUT2D eigenvalue weighted by Crippen LogP contribution is 2.50. The van der Waals surface area contributed by atoms with E-state index in [1.165, 1.54) is 51.5 Å². The van der Waals surface area contributed by atoms with Gasteiger partial charge >= 0.3 is 0 Å². The number of nitrogens with one attached hydrogen (secondary N) is 1. The molecule has 0 amide bonds. The van der Waals surface area contributed by atoms with E-state index in [0.717, 1.165) is 23.3 Å². The topological polar surface area (TPSA) is 30.5 Å². The van der Waals surface area contributed by atoms with Crippen molar-refractivity contribution in [2.75, 3.05) is 6.54 Å². The van der Waals surface area contributed by atoms with Crippen LogP contribution >= 0.6 is 0 Å². The van der Waals surface area contributed by atoms with Gasteiger partial charge < -0.3 is 14.8 Å². The van der Waals surface area contributed by atoms with Gasteiger partial charge in [-0.2, -0.15) is 0 Å². The monoisotopic (exact) mass is 275 g/mol. The van der Waals surface area contributed by atoms with Crippen LogP contribution in [-0.2, 0) is 0 Å². The van der Waals surface area contributed by atoms with E-state index in [1.807, 2.05) is 18.2 Å². The molecule has 2 fully saturated rings. The highest BCUT2D eigenvalue weighted by Gasteiger charge is 2.27. The summed E-state index contributed by atoms with van der Waals surface area (Å²) in [5.41, 5.74) is 0. The van der Waals surface area contributed by atoms with Gasteiger partial charge in [-0.15, -0.1) is 0 Å². The molecule has 1 unspecified atom stereocenters. The van der Waals surface area contributed by atoms with Gasteiger partial charge in [-0.1, -0.05) is 13.0 Å². The van der Waals surface area contributed by atoms with Crippen LogP contribution in [0.4, 0.5) is 0 Å². The van der Waals surface area contributed by atoms with Crippen molar-refractivity contribution in [2.24, 2.45) is 0 Å². The first-order valence-electron chi connectivity index (χ1n) is 8.07. The second-order valence-electron chi connectivity index (χ2n) is 5.91. The van der Waals surface area contributed by atoms with Crippen LogP contribution in [0.25, 0.3) is 0 Å². The summed E-state index contributed by atoms with van der Waals surface area (Å²) >= 11 is 0. The standard InChI is InChI=1S/C11H12O2.C6H13N/c1-2-5-8(4-1)12-11-9-6-3-7-10(11)13-9;1-2-6-4-3-5-7-6/h3,6-8H,1-2,4-5H2;6-7H,2-5H2,1H3. The number of hydrogen-bond donors (Lipinski definition) is 1. The van der Waals surface area contributed by atoms with Gasteiger partial charge in [0.2, 0.25) is 5.75 Å². The molecule has 0 aromatic heterocycles. The maximum absolute atomic E-state index is 5.85. The third-order valence-electron chi connectivity index (χ3n) is 4.40. The highest BCUT2D eigenvalue weighted by molar-refractivity contribution is 5.60. The quantitative estimate of drug-likeness (QED) is 0.907. The summed E-state index contributed by atoms with van der Waals surface area (Å²) in [5, 5.41) is 3.41. The number of benzene rings is 1. The SMILES string of the molecule is CCC1CCCN1.c1cc2c(OC3CCCC3)c(c1)O2. The number of para-hydroxylation sites is 1. The average Bonchev–Trinajstić information content (AvgIpc) is 3.19. The summed E-state index contributed by atoms with van der Waals surface area (Å²) in [4.78, 5) is 0. The molecule has 0 radical (unpaired) electrons. The van der Waals surface area contributed by atoms with Crippen LogP contribution in [0, 0.1) is 0 Å². The fraction of sp³-hybridized carbons (Fsp3) is 0.647. The fourth-order valence-corrected chi connectivity index (χ4v) is 3.12. The Kier molecular flexibility index (Phi) is 4.46. The van der Waals surface area contributed by atoms with Crippen LogP contribution in [0.15, 0.2) is 18.2 Å². The number of hydrogen-bond acceptors (Lipinski definition) is 3. The molecule has 5 rings (SSSR count). The normalized spacial score (nSPS) is 23.6. The van der Waals surface area contributed by atoms with Gasteiger partial charge in [0.1, 0.15) is 0 Å². The lowest BCUT2D eigenvalue weighted by molar-refractivity contribution is 0.179. The minimum Gasteiger partial charge on any atom is -0.483 e. The molecule has 1 aromatic carbocycles. The molecule has 4 aliphatic rings. The van der Waals surface area contributed by atoms with Crippen LogP contribution < -0.4 is 14.8 Å². The molecule has 1 aliphatic carbocycles. The maximum atomic E-state index is 5.85. The Morgan fingerprint density at radius 3 is 2.40 bits per heavy atom. The number of ether oxygens (including phenoxy) is 2. The molecule has 0 spiro atoms. The van der Waals surface area contributed by atoms with E-state index >= 15 is 0 Å². The van der Waals surface area contributed by atoms with Crippen LogP contribution in [0.3, 0.4) is 0 Å². The molecule has 3 nitrogen and oxygen atoms in total. The molecule has 1 saturated carbocycles. The second-order valence-corrected chi connectivity index (χ2v) is 5.91. The van der Waals surface area contributed by atoms with E-state index in [1.54, 1.807) is 0 Å². The Hall–Kier alpha value is -1.22. The molecule has 1 aromatic rings. The number of rotatable bonds is 3. The van der Waals surface area contributed by atoms with E-state index in [-0.39, 0.29) is 0 Å². The third kappa shape index (κ3) is 3.09. The predicted octanol–water partition coefficient (Wildman–Crippen LogP) is 4.26. The lowest BCUT2D eigenvalue weighted by Gasteiger charge is -2.25. The third-order valence-corrected chi connectivity index (χ3v) is 4.40. The van der Waals surface area contributed by atoms with Crippen molar-refractivity contribution in [2.45, 2.75) is 64.0 Å². The van der Waals surface area contributed by atoms with Gasteiger partial charge in [-0.3, -0.25) is 0 Å². The molecule has 3 aliphatic heterocycles. The minimum absolute atomic E-state index is 0.434. The Labute approximate surface area is 121 Å². The Bertz CT molecular complexity index is 414. The maximum Gasteiger partial charge on any atom is 0.205 e.